The van der Waals surface area contributed by atoms with Crippen LogP contribution in [0.3, 0.4) is 0 Å². The number of halogens is 2. The van der Waals surface area contributed by atoms with Crippen LogP contribution in [0.15, 0.2) is 0 Å². The number of hydrogen-bond acceptors (Lipinski definition) is 4. The SMILES string of the molecule is NS(=O)(=O)NCCN1CCCOP1(=O)N(CCCl)CCCl. The highest BCUT2D eigenvalue weighted by Crippen LogP contribution is 2.55. The van der Waals surface area contributed by atoms with Gasteiger partial charge in [0.2, 0.25) is 0 Å². The molecule has 1 fully saturated rings. The average Bonchev–Trinajstić information content (AvgIpc) is 2.39. The molecule has 0 aromatic carbocycles. The molecule has 0 radical (unpaired) electrons. The number of alkyl halides is 2. The van der Waals surface area contributed by atoms with Gasteiger partial charge in [-0.05, 0) is 6.42 Å². The molecule has 12 heteroatoms. The van der Waals surface area contributed by atoms with Crippen molar-refractivity contribution in [3.63, 3.8) is 0 Å². The Kier molecular flexibility index (Phi) is 8.40. The number of nitrogens with one attached hydrogen (secondary N) is 1. The molecule has 3 N–H and O–H groups in total. The minimum Gasteiger partial charge on any atom is -0.306 e. The smallest absolute Gasteiger partial charge is 0.306 e. The Morgan fingerprint density at radius 1 is 1.33 bits per heavy atom. The molecule has 21 heavy (non-hydrogen) atoms. The molecule has 126 valence electrons. The maximum atomic E-state index is 13.1. The van der Waals surface area contributed by atoms with E-state index >= 15 is 0 Å². The fourth-order valence-electron chi connectivity index (χ4n) is 2.01. The van der Waals surface area contributed by atoms with Crippen molar-refractivity contribution < 1.29 is 17.5 Å². The Hall–Kier alpha value is 0.560. The summed E-state index contributed by atoms with van der Waals surface area (Å²) < 4.78 is 45.8. The van der Waals surface area contributed by atoms with E-state index in [0.717, 1.165) is 6.42 Å². The molecule has 0 aromatic rings. The van der Waals surface area contributed by atoms with Crippen LogP contribution in [0.2, 0.25) is 0 Å². The first-order valence-electron chi connectivity index (χ1n) is 6.48. The maximum absolute atomic E-state index is 13.1. The van der Waals surface area contributed by atoms with E-state index in [-0.39, 0.29) is 13.1 Å². The van der Waals surface area contributed by atoms with Gasteiger partial charge in [0.05, 0.1) is 6.61 Å². The number of nitrogens with zero attached hydrogens (tertiary/aromatic N) is 2. The van der Waals surface area contributed by atoms with Crippen molar-refractivity contribution in [2.75, 3.05) is 51.1 Å². The quantitative estimate of drug-likeness (QED) is 0.441. The van der Waals surface area contributed by atoms with Crippen LogP contribution in [0.1, 0.15) is 6.42 Å². The molecule has 1 heterocycles. The fraction of sp³-hybridized carbons (Fsp3) is 1.00. The summed E-state index contributed by atoms with van der Waals surface area (Å²) in [6, 6.07) is 0. The van der Waals surface area contributed by atoms with Gasteiger partial charge in [0.15, 0.2) is 0 Å². The molecule has 8 nitrogen and oxygen atoms in total. The Morgan fingerprint density at radius 2 is 1.95 bits per heavy atom. The van der Waals surface area contributed by atoms with Crippen LogP contribution >= 0.6 is 30.9 Å². The number of nitrogens with two attached hydrogens (primary N) is 1. The third-order valence-corrected chi connectivity index (χ3v) is 6.59. The van der Waals surface area contributed by atoms with Crippen molar-refractivity contribution >= 4 is 41.1 Å². The van der Waals surface area contributed by atoms with Crippen LogP contribution in [0.4, 0.5) is 0 Å². The number of rotatable bonds is 9. The van der Waals surface area contributed by atoms with E-state index in [1.165, 1.54) is 0 Å². The van der Waals surface area contributed by atoms with Crippen molar-refractivity contribution in [1.82, 2.24) is 14.1 Å². The largest absolute Gasteiger partial charge is 0.346 e. The maximum Gasteiger partial charge on any atom is 0.346 e. The molecule has 1 atom stereocenters. The van der Waals surface area contributed by atoms with Gasteiger partial charge in [-0.1, -0.05) is 0 Å². The molecule has 1 aliphatic rings. The molecule has 1 unspecified atom stereocenters. The van der Waals surface area contributed by atoms with E-state index in [1.807, 2.05) is 0 Å². The lowest BCUT2D eigenvalue weighted by Gasteiger charge is -2.40. The monoisotopic (exact) mass is 382 g/mol. The third kappa shape index (κ3) is 6.29. The second kappa shape index (κ2) is 9.00. The first-order valence-corrected chi connectivity index (χ1v) is 10.6. The molecule has 0 amide bonds. The minimum atomic E-state index is -3.77. The van der Waals surface area contributed by atoms with Gasteiger partial charge in [0.25, 0.3) is 10.2 Å². The second-order valence-electron chi connectivity index (χ2n) is 4.40. The lowest BCUT2D eigenvalue weighted by Crippen LogP contribution is -2.43. The van der Waals surface area contributed by atoms with Gasteiger partial charge in [-0.3, -0.25) is 4.57 Å². The van der Waals surface area contributed by atoms with Crippen LogP contribution in [-0.2, 0) is 19.3 Å². The predicted octanol–water partition coefficient (Wildman–Crippen LogP) is 0.389. The molecular formula is C9H21Cl2N4O4PS. The predicted molar refractivity (Wildman–Crippen MR) is 83.9 cm³/mol. The van der Waals surface area contributed by atoms with Crippen LogP contribution in [0.5, 0.6) is 0 Å². The van der Waals surface area contributed by atoms with Crippen molar-refractivity contribution in [2.24, 2.45) is 5.14 Å². The summed E-state index contributed by atoms with van der Waals surface area (Å²) in [6.45, 7) is 1.98. The van der Waals surface area contributed by atoms with E-state index in [4.69, 9.17) is 32.9 Å². The van der Waals surface area contributed by atoms with Crippen LogP contribution in [0, 0.1) is 0 Å². The summed E-state index contributed by atoms with van der Waals surface area (Å²) in [4.78, 5) is 0. The van der Waals surface area contributed by atoms with Gasteiger partial charge in [0.1, 0.15) is 0 Å². The topological polar surface area (TPSA) is 105 Å². The molecule has 0 saturated carbocycles. The van der Waals surface area contributed by atoms with E-state index in [2.05, 4.69) is 4.72 Å². The Morgan fingerprint density at radius 3 is 2.48 bits per heavy atom. The summed E-state index contributed by atoms with van der Waals surface area (Å²) in [7, 11) is -6.99. The van der Waals surface area contributed by atoms with E-state index in [1.54, 1.807) is 9.34 Å². The second-order valence-corrected chi connectivity index (χ2v) is 8.91. The molecule has 0 aliphatic carbocycles. The third-order valence-electron chi connectivity index (χ3n) is 2.89. The van der Waals surface area contributed by atoms with Gasteiger partial charge in [-0.2, -0.15) is 8.42 Å². The van der Waals surface area contributed by atoms with Crippen LogP contribution in [-0.4, -0.2) is 68.8 Å². The average molecular weight is 383 g/mol. The van der Waals surface area contributed by atoms with Gasteiger partial charge in [-0.25, -0.2) is 19.2 Å². The van der Waals surface area contributed by atoms with Gasteiger partial charge in [-0.15, -0.1) is 23.2 Å². The van der Waals surface area contributed by atoms with Crippen molar-refractivity contribution in [3.8, 4) is 0 Å². The van der Waals surface area contributed by atoms with Crippen LogP contribution in [0.25, 0.3) is 0 Å². The molecule has 1 saturated heterocycles. The first kappa shape index (κ1) is 19.6. The standard InChI is InChI=1S/C9H21Cl2N4O4PS/c10-2-6-15(7-3-11)20(16)14(5-1-9-19-20)8-4-13-21(12,17)18/h13H,1-9H2,(H2,12,17,18). The summed E-state index contributed by atoms with van der Waals surface area (Å²) in [5.74, 6) is 0.598. The normalized spacial score (nSPS) is 24.6. The van der Waals surface area contributed by atoms with Crippen molar-refractivity contribution in [3.05, 3.63) is 0 Å². The Balaban J connectivity index is 2.75. The van der Waals surface area contributed by atoms with Crippen LogP contribution < -0.4 is 9.86 Å². The van der Waals surface area contributed by atoms with Gasteiger partial charge in [0, 0.05) is 44.5 Å². The minimum absolute atomic E-state index is 0.0573. The zero-order valence-corrected chi connectivity index (χ0v) is 14.8. The van der Waals surface area contributed by atoms with Crippen molar-refractivity contribution in [2.45, 2.75) is 6.42 Å². The van der Waals surface area contributed by atoms with E-state index in [0.29, 0.717) is 38.0 Å². The molecule has 0 bridgehead atoms. The summed E-state index contributed by atoms with van der Waals surface area (Å²) >= 11 is 11.5. The Bertz CT molecular complexity index is 461. The van der Waals surface area contributed by atoms with Gasteiger partial charge >= 0.3 is 7.67 Å². The molecule has 1 aliphatic heterocycles. The molecule has 0 aromatic heterocycles. The van der Waals surface area contributed by atoms with Gasteiger partial charge < -0.3 is 4.52 Å². The molecule has 0 spiro atoms. The fourth-order valence-corrected chi connectivity index (χ4v) is 5.54. The van der Waals surface area contributed by atoms with E-state index in [9.17, 15) is 13.0 Å². The zero-order chi connectivity index (χ0) is 15.9. The molecular weight excluding hydrogens is 362 g/mol. The summed E-state index contributed by atoms with van der Waals surface area (Å²) in [5.41, 5.74) is 0. The van der Waals surface area contributed by atoms with E-state index < -0.39 is 17.9 Å². The Labute approximate surface area is 135 Å². The lowest BCUT2D eigenvalue weighted by atomic mass is 10.4. The highest BCUT2D eigenvalue weighted by atomic mass is 35.5. The highest BCUT2D eigenvalue weighted by molar-refractivity contribution is 7.87. The highest BCUT2D eigenvalue weighted by Gasteiger charge is 2.40. The van der Waals surface area contributed by atoms with Crippen molar-refractivity contribution in [1.29, 1.82) is 0 Å². The molecule has 1 rings (SSSR count). The number of hydrogen-bond donors (Lipinski definition) is 2. The first-order chi connectivity index (χ1) is 9.83. The zero-order valence-electron chi connectivity index (χ0n) is 11.6. The summed E-state index contributed by atoms with van der Waals surface area (Å²) in [6.07, 6.45) is 0.717. The lowest BCUT2D eigenvalue weighted by molar-refractivity contribution is 0.169. The summed E-state index contributed by atoms with van der Waals surface area (Å²) in [5, 5.41) is 4.87.